The van der Waals surface area contributed by atoms with Gasteiger partial charge in [0.25, 0.3) is 0 Å². The number of benzene rings is 17. The number of nitrogens with zero attached hydrogens (tertiary/aromatic N) is 2. The van der Waals surface area contributed by atoms with Gasteiger partial charge in [0.1, 0.15) is 44.7 Å². The van der Waals surface area contributed by atoms with Gasteiger partial charge in [-0.05, 0) is 199 Å². The minimum atomic E-state index is 0.826. The molecule has 21 rings (SSSR count). The SMILES string of the molecule is c1cc(-c2ccc(N(c3ccccc3-c3cccc4oc5ccccc5c34)c3cccc4oc5ccccc5c34)cc2)cc(-c2cccc3ccc(-c4ccc5oc6cccc(-c7ccccc7N(c7cccc(-c8cccc9ccccc89)c7)c7ccc8oc9ccccc9c8c7)c6c5c4)cc23)c1. The molecule has 4 heterocycles. The maximum Gasteiger partial charge on any atom is 0.137 e. The van der Waals surface area contributed by atoms with Crippen molar-refractivity contribution in [3.8, 4) is 66.8 Å². The first-order valence-electron chi connectivity index (χ1n) is 35.3. The fourth-order valence-corrected chi connectivity index (χ4v) is 16.3. The highest BCUT2D eigenvalue weighted by Crippen LogP contribution is 2.51. The molecule has 0 aliphatic carbocycles. The van der Waals surface area contributed by atoms with Crippen LogP contribution in [0.4, 0.5) is 34.1 Å². The highest BCUT2D eigenvalue weighted by molar-refractivity contribution is 6.18. The summed E-state index contributed by atoms with van der Waals surface area (Å²) >= 11 is 0. The minimum absolute atomic E-state index is 0.826. The van der Waals surface area contributed by atoms with Crippen molar-refractivity contribution in [1.82, 2.24) is 0 Å². The summed E-state index contributed by atoms with van der Waals surface area (Å²) < 4.78 is 26.3. The van der Waals surface area contributed by atoms with Crippen LogP contribution in [0.5, 0.6) is 0 Å². The lowest BCUT2D eigenvalue weighted by molar-refractivity contribution is 0.668. The third-order valence-corrected chi connectivity index (χ3v) is 21.1. The summed E-state index contributed by atoms with van der Waals surface area (Å²) in [7, 11) is 0. The number of rotatable bonds is 12. The molecule has 0 saturated carbocycles. The standard InChI is InChI=1S/C98H60N2O4/c1-2-27-72-62(20-1)21-15-33-73(72)68-25-14-26-70(57-68)99(71-53-55-91-83(60-71)77-30-5-10-40-88(77)101-91)85-37-8-3-28-75(85)79-36-18-44-94-97(79)84-59-66(50-54-92(84)104-94)65-47-46-63-22-16-34-74(82(63)58-65)67-24-13-23-64(56-67)61-48-51-69(52-49-61)100(87-39-19-45-95-98(87)81-32-7-12-42-90(81)103-95)86-38-9-4-29-76(86)78-35-17-43-93-96(78)80-31-6-11-41-89(80)102-93/h1-60H. The van der Waals surface area contributed by atoms with Gasteiger partial charge in [0.05, 0.1) is 22.4 Å². The Labute approximate surface area is 598 Å². The van der Waals surface area contributed by atoms with Crippen LogP contribution in [0.25, 0.3) is 176 Å². The molecule has 486 valence electrons. The average molecular weight is 1330 g/mol. The van der Waals surface area contributed by atoms with E-state index in [1.807, 2.05) is 30.3 Å². The second-order valence-corrected chi connectivity index (χ2v) is 26.9. The lowest BCUT2D eigenvalue weighted by Gasteiger charge is -2.29. The lowest BCUT2D eigenvalue weighted by atomic mass is 9.92. The smallest absolute Gasteiger partial charge is 0.137 e. The van der Waals surface area contributed by atoms with E-state index in [1.165, 1.54) is 27.1 Å². The van der Waals surface area contributed by atoms with E-state index in [1.54, 1.807) is 0 Å². The first kappa shape index (κ1) is 59.0. The maximum atomic E-state index is 6.85. The van der Waals surface area contributed by atoms with Gasteiger partial charge in [-0.3, -0.25) is 0 Å². The molecule has 0 atom stereocenters. The number of furan rings is 4. The highest BCUT2D eigenvalue weighted by Gasteiger charge is 2.26. The van der Waals surface area contributed by atoms with Crippen molar-refractivity contribution in [3.05, 3.63) is 364 Å². The van der Waals surface area contributed by atoms with Crippen molar-refractivity contribution in [2.24, 2.45) is 0 Å². The van der Waals surface area contributed by atoms with Gasteiger partial charge in [0.15, 0.2) is 0 Å². The quantitative estimate of drug-likeness (QED) is 0.121. The van der Waals surface area contributed by atoms with Crippen molar-refractivity contribution in [2.45, 2.75) is 0 Å². The number of para-hydroxylation sites is 5. The third kappa shape index (κ3) is 9.65. The van der Waals surface area contributed by atoms with Crippen LogP contribution in [0.2, 0.25) is 0 Å². The van der Waals surface area contributed by atoms with Gasteiger partial charge < -0.3 is 27.5 Å². The maximum absolute atomic E-state index is 6.85. The van der Waals surface area contributed by atoms with Crippen LogP contribution in [0, 0.1) is 0 Å². The number of anilines is 6. The average Bonchev–Trinajstić information content (AvgIpc) is 1.52. The molecule has 104 heavy (non-hydrogen) atoms. The predicted octanol–water partition coefficient (Wildman–Crippen LogP) is 28.5. The summed E-state index contributed by atoms with van der Waals surface area (Å²) in [6, 6.07) is 131. The molecule has 0 fully saturated rings. The van der Waals surface area contributed by atoms with Crippen LogP contribution >= 0.6 is 0 Å². The Balaban J connectivity index is 0.652. The molecule has 0 aliphatic rings. The number of hydrogen-bond donors (Lipinski definition) is 0. The van der Waals surface area contributed by atoms with Crippen LogP contribution in [0.1, 0.15) is 0 Å². The van der Waals surface area contributed by atoms with E-state index < -0.39 is 0 Å². The fourth-order valence-electron chi connectivity index (χ4n) is 16.3. The predicted molar refractivity (Wildman–Crippen MR) is 433 cm³/mol. The van der Waals surface area contributed by atoms with Gasteiger partial charge in [-0.2, -0.15) is 0 Å². The molecule has 6 nitrogen and oxygen atoms in total. The summed E-state index contributed by atoms with van der Waals surface area (Å²) in [5, 5.41) is 13.3. The van der Waals surface area contributed by atoms with Gasteiger partial charge in [-0.25, -0.2) is 0 Å². The van der Waals surface area contributed by atoms with E-state index in [4.69, 9.17) is 17.7 Å². The van der Waals surface area contributed by atoms with Gasteiger partial charge in [-0.15, -0.1) is 0 Å². The van der Waals surface area contributed by atoms with E-state index in [9.17, 15) is 0 Å². The summed E-state index contributed by atoms with van der Waals surface area (Å²) in [5.41, 5.74) is 26.3. The van der Waals surface area contributed by atoms with E-state index in [-0.39, 0.29) is 0 Å². The molecule has 0 saturated heterocycles. The molecule has 0 aliphatic heterocycles. The molecule has 0 unspecified atom stereocenters. The van der Waals surface area contributed by atoms with Crippen LogP contribution < -0.4 is 9.80 Å². The van der Waals surface area contributed by atoms with Crippen LogP contribution in [0.3, 0.4) is 0 Å². The number of fused-ring (bicyclic) bond motifs is 14. The molecule has 0 radical (unpaired) electrons. The Morgan fingerprint density at radius 3 is 1.28 bits per heavy atom. The summed E-state index contributed by atoms with van der Waals surface area (Å²) in [6.45, 7) is 0. The summed E-state index contributed by atoms with van der Waals surface area (Å²) in [4.78, 5) is 4.80. The highest BCUT2D eigenvalue weighted by atomic mass is 16.3. The second-order valence-electron chi connectivity index (χ2n) is 26.9. The summed E-state index contributed by atoms with van der Waals surface area (Å²) in [5.74, 6) is 0. The van der Waals surface area contributed by atoms with Gasteiger partial charge in [0, 0.05) is 65.9 Å². The molecule has 21 aromatic rings. The van der Waals surface area contributed by atoms with E-state index >= 15 is 0 Å². The minimum Gasteiger partial charge on any atom is -0.456 e. The number of hydrogen-bond acceptors (Lipinski definition) is 6. The Morgan fingerprint density at radius 2 is 0.558 bits per heavy atom. The second kappa shape index (κ2) is 23.9. The van der Waals surface area contributed by atoms with Crippen molar-refractivity contribution >= 4 is 143 Å². The Hall–Kier alpha value is -13.9. The van der Waals surface area contributed by atoms with Crippen molar-refractivity contribution < 1.29 is 17.7 Å². The molecule has 6 heteroatoms. The van der Waals surface area contributed by atoms with Gasteiger partial charge in [-0.1, -0.05) is 243 Å². The Morgan fingerprint density at radius 1 is 0.163 bits per heavy atom. The van der Waals surface area contributed by atoms with E-state index in [0.717, 1.165) is 183 Å². The largest absolute Gasteiger partial charge is 0.456 e. The molecule has 17 aromatic carbocycles. The van der Waals surface area contributed by atoms with Crippen molar-refractivity contribution in [1.29, 1.82) is 0 Å². The summed E-state index contributed by atoms with van der Waals surface area (Å²) in [6.07, 6.45) is 0. The molecule has 0 amide bonds. The zero-order valence-corrected chi connectivity index (χ0v) is 56.2. The van der Waals surface area contributed by atoms with Crippen molar-refractivity contribution in [2.75, 3.05) is 9.80 Å². The first-order chi connectivity index (χ1) is 51.5. The monoisotopic (exact) mass is 1330 g/mol. The normalized spacial score (nSPS) is 11.8. The zero-order valence-electron chi connectivity index (χ0n) is 56.2. The Bertz CT molecular complexity index is 7020. The molecule has 0 N–H and O–H groups in total. The molecule has 4 aromatic heterocycles. The molecule has 0 spiro atoms. The fraction of sp³-hybridized carbons (Fsp3) is 0. The van der Waals surface area contributed by atoms with Crippen LogP contribution in [-0.2, 0) is 0 Å². The third-order valence-electron chi connectivity index (χ3n) is 21.1. The molecular weight excluding hydrogens is 1270 g/mol. The van der Waals surface area contributed by atoms with Crippen LogP contribution in [0.15, 0.2) is 382 Å². The lowest BCUT2D eigenvalue weighted by Crippen LogP contribution is -2.11. The Kier molecular flexibility index (Phi) is 13.5. The van der Waals surface area contributed by atoms with Crippen molar-refractivity contribution in [3.63, 3.8) is 0 Å². The van der Waals surface area contributed by atoms with Gasteiger partial charge in [0.2, 0.25) is 0 Å². The van der Waals surface area contributed by atoms with E-state index in [2.05, 4.69) is 343 Å². The van der Waals surface area contributed by atoms with Crippen LogP contribution in [-0.4, -0.2) is 0 Å². The zero-order chi connectivity index (χ0) is 68.3. The van der Waals surface area contributed by atoms with E-state index in [0.29, 0.717) is 0 Å². The molecule has 0 bridgehead atoms. The topological polar surface area (TPSA) is 59.0 Å². The van der Waals surface area contributed by atoms with Gasteiger partial charge >= 0.3 is 0 Å². The molecular formula is C98H60N2O4. The first-order valence-corrected chi connectivity index (χ1v) is 35.3.